The third kappa shape index (κ3) is 3.72. The van der Waals surface area contributed by atoms with Crippen LogP contribution in [0.3, 0.4) is 0 Å². The first-order valence-corrected chi connectivity index (χ1v) is 11.8. The molecule has 0 unspecified atom stereocenters. The average molecular weight is 429 g/mol. The number of rotatable bonds is 3. The fourth-order valence-electron chi connectivity index (χ4n) is 4.66. The summed E-state index contributed by atoms with van der Waals surface area (Å²) in [6, 6.07) is 11.4. The van der Waals surface area contributed by atoms with Crippen molar-refractivity contribution in [3.63, 3.8) is 0 Å². The largest absolute Gasteiger partial charge is 0.490 e. The Balaban J connectivity index is 1.49. The number of sulfonamides is 1. The summed E-state index contributed by atoms with van der Waals surface area (Å²) in [4.78, 5) is 15.4. The van der Waals surface area contributed by atoms with Crippen molar-refractivity contribution in [2.24, 2.45) is 5.92 Å². The van der Waals surface area contributed by atoms with E-state index in [1.807, 2.05) is 57.2 Å². The molecule has 1 saturated heterocycles. The first-order valence-electron chi connectivity index (χ1n) is 10.4. The third-order valence-electron chi connectivity index (χ3n) is 6.00. The molecular weight excluding hydrogens is 400 g/mol. The van der Waals surface area contributed by atoms with E-state index in [2.05, 4.69) is 0 Å². The van der Waals surface area contributed by atoms with Crippen LogP contribution in [0.15, 0.2) is 41.3 Å². The van der Waals surface area contributed by atoms with E-state index < -0.39 is 10.0 Å². The van der Waals surface area contributed by atoms with Gasteiger partial charge in [-0.25, -0.2) is 8.42 Å². The first kappa shape index (κ1) is 20.9. The van der Waals surface area contributed by atoms with E-state index in [0.717, 1.165) is 28.1 Å². The Morgan fingerprint density at radius 2 is 1.63 bits per heavy atom. The molecule has 2 heterocycles. The van der Waals surface area contributed by atoms with E-state index in [9.17, 15) is 13.2 Å². The quantitative estimate of drug-likeness (QED) is 0.751. The zero-order chi connectivity index (χ0) is 21.5. The maximum absolute atomic E-state index is 13.3. The van der Waals surface area contributed by atoms with Crippen LogP contribution in [0.2, 0.25) is 0 Å². The number of nitrogens with zero attached hydrogens (tertiary/aromatic N) is 2. The van der Waals surface area contributed by atoms with Crippen molar-refractivity contribution in [2.75, 3.05) is 31.1 Å². The van der Waals surface area contributed by atoms with Crippen molar-refractivity contribution >= 4 is 21.6 Å². The van der Waals surface area contributed by atoms with E-state index in [1.165, 1.54) is 4.31 Å². The summed E-state index contributed by atoms with van der Waals surface area (Å²) in [6.07, 6.45) is 1.06. The van der Waals surface area contributed by atoms with Crippen molar-refractivity contribution in [1.82, 2.24) is 4.31 Å². The van der Waals surface area contributed by atoms with Gasteiger partial charge in [0.05, 0.1) is 17.1 Å². The molecule has 1 amide bonds. The second kappa shape index (κ2) is 8.04. The van der Waals surface area contributed by atoms with Gasteiger partial charge >= 0.3 is 0 Å². The molecule has 2 aromatic carbocycles. The number of hydrogen-bond donors (Lipinski definition) is 0. The maximum atomic E-state index is 13.3. The Morgan fingerprint density at radius 1 is 1.00 bits per heavy atom. The molecule has 6 nitrogen and oxygen atoms in total. The minimum Gasteiger partial charge on any atom is -0.490 e. The van der Waals surface area contributed by atoms with Gasteiger partial charge in [-0.15, -0.1) is 0 Å². The normalized spacial score (nSPS) is 18.0. The van der Waals surface area contributed by atoms with Gasteiger partial charge in [-0.05, 0) is 56.9 Å². The summed E-state index contributed by atoms with van der Waals surface area (Å²) in [5, 5.41) is 0. The summed E-state index contributed by atoms with van der Waals surface area (Å²) in [5.74, 6) is 0.607. The molecule has 0 bridgehead atoms. The summed E-state index contributed by atoms with van der Waals surface area (Å²) in [5.41, 5.74) is 3.40. The van der Waals surface area contributed by atoms with Gasteiger partial charge in [0.15, 0.2) is 0 Å². The number of piperidine rings is 1. The number of para-hydroxylation sites is 2. The standard InChI is InChI=1S/C23H28N2O4S/c1-16-14-17(2)22(18(3)15-16)30(27,28)24-10-8-19(9-11-24)23(26)25-12-13-29-21-7-5-4-6-20(21)25/h4-7,14-15,19H,8-13H2,1-3H3. The van der Waals surface area contributed by atoms with Gasteiger partial charge in [0.1, 0.15) is 12.4 Å². The van der Waals surface area contributed by atoms with E-state index in [-0.39, 0.29) is 11.8 Å². The fourth-order valence-corrected chi connectivity index (χ4v) is 6.55. The Bertz CT molecular complexity index is 1050. The number of carbonyl (C=O) groups excluding carboxylic acids is 1. The summed E-state index contributed by atoms with van der Waals surface area (Å²) < 4.78 is 33.8. The lowest BCUT2D eigenvalue weighted by molar-refractivity contribution is -0.123. The smallest absolute Gasteiger partial charge is 0.243 e. The molecule has 0 atom stereocenters. The molecule has 4 rings (SSSR count). The molecule has 160 valence electrons. The number of fused-ring (bicyclic) bond motifs is 1. The van der Waals surface area contributed by atoms with Gasteiger partial charge in [0.25, 0.3) is 0 Å². The van der Waals surface area contributed by atoms with Crippen LogP contribution in [0.4, 0.5) is 5.69 Å². The highest BCUT2D eigenvalue weighted by Gasteiger charge is 2.36. The Labute approximate surface area is 178 Å². The predicted molar refractivity (Wildman–Crippen MR) is 116 cm³/mol. The predicted octanol–water partition coefficient (Wildman–Crippen LogP) is 3.44. The highest BCUT2D eigenvalue weighted by Crippen LogP contribution is 2.34. The number of ether oxygens (including phenoxy) is 1. The zero-order valence-electron chi connectivity index (χ0n) is 17.7. The average Bonchev–Trinajstić information content (AvgIpc) is 2.72. The minimum atomic E-state index is -3.57. The summed E-state index contributed by atoms with van der Waals surface area (Å²) in [7, 11) is -3.57. The van der Waals surface area contributed by atoms with Crippen molar-refractivity contribution in [2.45, 2.75) is 38.5 Å². The zero-order valence-corrected chi connectivity index (χ0v) is 18.5. The molecular formula is C23H28N2O4S. The van der Waals surface area contributed by atoms with Gasteiger partial charge in [-0.3, -0.25) is 4.79 Å². The number of anilines is 1. The van der Waals surface area contributed by atoms with Gasteiger partial charge < -0.3 is 9.64 Å². The van der Waals surface area contributed by atoms with Crippen LogP contribution in [0.25, 0.3) is 0 Å². The van der Waals surface area contributed by atoms with Gasteiger partial charge in [-0.2, -0.15) is 4.31 Å². The molecule has 0 aliphatic carbocycles. The monoisotopic (exact) mass is 428 g/mol. The number of hydrogen-bond acceptors (Lipinski definition) is 4. The van der Waals surface area contributed by atoms with Crippen LogP contribution >= 0.6 is 0 Å². The van der Waals surface area contributed by atoms with Gasteiger partial charge in [0.2, 0.25) is 15.9 Å². The molecule has 2 aliphatic heterocycles. The molecule has 1 fully saturated rings. The number of carbonyl (C=O) groups is 1. The van der Waals surface area contributed by atoms with Crippen LogP contribution in [-0.2, 0) is 14.8 Å². The maximum Gasteiger partial charge on any atom is 0.243 e. The highest BCUT2D eigenvalue weighted by molar-refractivity contribution is 7.89. The van der Waals surface area contributed by atoms with Crippen LogP contribution in [0, 0.1) is 26.7 Å². The van der Waals surface area contributed by atoms with Crippen LogP contribution in [0.1, 0.15) is 29.5 Å². The third-order valence-corrected chi connectivity index (χ3v) is 8.21. The van der Waals surface area contributed by atoms with Crippen LogP contribution in [-0.4, -0.2) is 44.9 Å². The van der Waals surface area contributed by atoms with Crippen LogP contribution in [0.5, 0.6) is 5.75 Å². The molecule has 2 aromatic rings. The Kier molecular flexibility index (Phi) is 5.59. The molecule has 30 heavy (non-hydrogen) atoms. The van der Waals surface area contributed by atoms with Gasteiger partial charge in [-0.1, -0.05) is 29.8 Å². The van der Waals surface area contributed by atoms with Crippen molar-refractivity contribution in [3.05, 3.63) is 53.1 Å². The second-order valence-corrected chi connectivity index (χ2v) is 10.1. The van der Waals surface area contributed by atoms with Crippen molar-refractivity contribution in [1.29, 1.82) is 0 Å². The lowest BCUT2D eigenvalue weighted by Gasteiger charge is -2.36. The number of amides is 1. The molecule has 0 aromatic heterocycles. The topological polar surface area (TPSA) is 66.9 Å². The lowest BCUT2D eigenvalue weighted by atomic mass is 9.96. The van der Waals surface area contributed by atoms with E-state index in [4.69, 9.17) is 4.74 Å². The molecule has 7 heteroatoms. The number of benzene rings is 2. The van der Waals surface area contributed by atoms with Crippen LogP contribution < -0.4 is 9.64 Å². The second-order valence-electron chi connectivity index (χ2n) is 8.21. The van der Waals surface area contributed by atoms with E-state index in [0.29, 0.717) is 44.0 Å². The molecule has 0 saturated carbocycles. The molecule has 0 radical (unpaired) electrons. The van der Waals surface area contributed by atoms with E-state index in [1.54, 1.807) is 4.90 Å². The Morgan fingerprint density at radius 3 is 2.30 bits per heavy atom. The van der Waals surface area contributed by atoms with Crippen molar-refractivity contribution in [3.8, 4) is 5.75 Å². The van der Waals surface area contributed by atoms with Gasteiger partial charge in [0, 0.05) is 19.0 Å². The molecule has 0 spiro atoms. The molecule has 0 N–H and O–H groups in total. The SMILES string of the molecule is Cc1cc(C)c(S(=O)(=O)N2CCC(C(=O)N3CCOc4ccccc43)CC2)c(C)c1. The number of aryl methyl sites for hydroxylation is 3. The van der Waals surface area contributed by atoms with E-state index >= 15 is 0 Å². The van der Waals surface area contributed by atoms with Crippen molar-refractivity contribution < 1.29 is 17.9 Å². The lowest BCUT2D eigenvalue weighted by Crippen LogP contribution is -2.46. The molecule has 2 aliphatic rings. The minimum absolute atomic E-state index is 0.0606. The summed E-state index contributed by atoms with van der Waals surface area (Å²) >= 11 is 0. The fraction of sp³-hybridized carbons (Fsp3) is 0.435. The first-order chi connectivity index (χ1) is 14.3. The highest BCUT2D eigenvalue weighted by atomic mass is 32.2. The summed E-state index contributed by atoms with van der Waals surface area (Å²) in [6.45, 7) is 7.38. The Hall–Kier alpha value is -2.38.